The number of aliphatic hydroxyl groups excluding tert-OH is 2. The maximum absolute atomic E-state index is 12.5. The van der Waals surface area contributed by atoms with E-state index in [1.807, 2.05) is 0 Å². The number of ether oxygens (including phenoxy) is 1. The van der Waals surface area contributed by atoms with E-state index in [4.69, 9.17) is 16.3 Å². The van der Waals surface area contributed by atoms with Gasteiger partial charge in [-0.15, -0.1) is 11.6 Å². The zero-order chi connectivity index (χ0) is 13.9. The largest absolute Gasteiger partial charge is 0.496 e. The molecule has 7 heteroatoms. The summed E-state index contributed by atoms with van der Waals surface area (Å²) in [6.07, 6.45) is -7.45. The Bertz CT molecular complexity index is 409. The van der Waals surface area contributed by atoms with Crippen molar-refractivity contribution in [3.63, 3.8) is 0 Å². The highest BCUT2D eigenvalue weighted by Gasteiger charge is 2.32. The number of halogens is 4. The molecule has 0 fully saturated rings. The Balaban J connectivity index is 3.22. The van der Waals surface area contributed by atoms with Gasteiger partial charge in [-0.3, -0.25) is 0 Å². The minimum absolute atomic E-state index is 0.0552. The maximum atomic E-state index is 12.5. The van der Waals surface area contributed by atoms with E-state index in [1.54, 1.807) is 0 Å². The van der Waals surface area contributed by atoms with E-state index in [2.05, 4.69) is 0 Å². The van der Waals surface area contributed by atoms with Crippen molar-refractivity contribution in [3.8, 4) is 5.75 Å². The molecule has 0 bridgehead atoms. The van der Waals surface area contributed by atoms with Crippen LogP contribution in [0.3, 0.4) is 0 Å². The topological polar surface area (TPSA) is 49.7 Å². The Kier molecular flexibility index (Phi) is 4.84. The highest BCUT2D eigenvalue weighted by atomic mass is 35.5. The van der Waals surface area contributed by atoms with Crippen molar-refractivity contribution in [3.05, 3.63) is 29.3 Å². The molecule has 1 aromatic carbocycles. The molecular weight excluding hydrogens is 273 g/mol. The molecule has 0 saturated carbocycles. The molecule has 1 rings (SSSR count). The minimum atomic E-state index is -4.54. The van der Waals surface area contributed by atoms with E-state index in [1.165, 1.54) is 7.11 Å². The first-order chi connectivity index (χ1) is 8.31. The number of methoxy groups -OCH3 is 1. The molecule has 0 aliphatic heterocycles. The monoisotopic (exact) mass is 284 g/mol. The highest BCUT2D eigenvalue weighted by Crippen LogP contribution is 2.35. The van der Waals surface area contributed by atoms with Crippen molar-refractivity contribution in [2.24, 2.45) is 0 Å². The van der Waals surface area contributed by atoms with Crippen molar-refractivity contribution < 1.29 is 28.1 Å². The summed E-state index contributed by atoms with van der Waals surface area (Å²) in [6, 6.07) is 2.66. The third kappa shape index (κ3) is 3.28. The van der Waals surface area contributed by atoms with E-state index in [0.717, 1.165) is 18.2 Å². The molecule has 102 valence electrons. The second-order valence-electron chi connectivity index (χ2n) is 3.62. The van der Waals surface area contributed by atoms with Gasteiger partial charge < -0.3 is 14.9 Å². The first-order valence-corrected chi connectivity index (χ1v) is 5.52. The van der Waals surface area contributed by atoms with E-state index in [9.17, 15) is 23.4 Å². The molecule has 0 heterocycles. The zero-order valence-electron chi connectivity index (χ0n) is 9.41. The maximum Gasteiger partial charge on any atom is 0.416 e. The Hall–Kier alpha value is -0.980. The Labute approximate surface area is 107 Å². The molecule has 2 N–H and O–H groups in total. The van der Waals surface area contributed by atoms with Gasteiger partial charge in [0.15, 0.2) is 0 Å². The smallest absolute Gasteiger partial charge is 0.416 e. The van der Waals surface area contributed by atoms with Gasteiger partial charge in [0.2, 0.25) is 0 Å². The summed E-state index contributed by atoms with van der Waals surface area (Å²) in [5.41, 5.74) is -1.08. The number of rotatable bonds is 4. The molecule has 1 aromatic rings. The van der Waals surface area contributed by atoms with Gasteiger partial charge in [-0.2, -0.15) is 13.2 Å². The van der Waals surface area contributed by atoms with Gasteiger partial charge in [0.1, 0.15) is 11.9 Å². The van der Waals surface area contributed by atoms with Gasteiger partial charge in [-0.05, 0) is 18.2 Å². The van der Waals surface area contributed by atoms with Gasteiger partial charge in [0, 0.05) is 5.56 Å². The van der Waals surface area contributed by atoms with Crippen LogP contribution in [0.15, 0.2) is 18.2 Å². The fourth-order valence-electron chi connectivity index (χ4n) is 1.43. The minimum Gasteiger partial charge on any atom is -0.496 e. The summed E-state index contributed by atoms with van der Waals surface area (Å²) in [4.78, 5) is 0. The van der Waals surface area contributed by atoms with Crippen LogP contribution >= 0.6 is 11.6 Å². The van der Waals surface area contributed by atoms with E-state index in [0.29, 0.717) is 0 Å². The Morgan fingerprint density at radius 2 is 1.94 bits per heavy atom. The molecule has 0 aromatic heterocycles. The molecule has 0 aliphatic rings. The molecular formula is C11H12ClF3O3. The summed E-state index contributed by atoms with van der Waals surface area (Å²) in [5.74, 6) is -0.250. The Morgan fingerprint density at radius 1 is 1.33 bits per heavy atom. The lowest BCUT2D eigenvalue weighted by molar-refractivity contribution is -0.137. The van der Waals surface area contributed by atoms with Crippen LogP contribution in [0, 0.1) is 0 Å². The number of benzene rings is 1. The third-order valence-electron chi connectivity index (χ3n) is 2.40. The molecule has 2 unspecified atom stereocenters. The predicted molar refractivity (Wildman–Crippen MR) is 59.7 cm³/mol. The molecule has 0 radical (unpaired) electrons. The summed E-state index contributed by atoms with van der Waals surface area (Å²) in [5, 5.41) is 19.1. The van der Waals surface area contributed by atoms with Gasteiger partial charge in [0.05, 0.1) is 24.7 Å². The average Bonchev–Trinajstić information content (AvgIpc) is 2.35. The van der Waals surface area contributed by atoms with Gasteiger partial charge in [-0.1, -0.05) is 0 Å². The lowest BCUT2D eigenvalue weighted by atomic mass is 10.0. The van der Waals surface area contributed by atoms with Gasteiger partial charge in [0.25, 0.3) is 0 Å². The fourth-order valence-corrected chi connectivity index (χ4v) is 1.60. The molecule has 0 aliphatic carbocycles. The van der Waals surface area contributed by atoms with Crippen LogP contribution in [0.2, 0.25) is 0 Å². The number of hydrogen-bond acceptors (Lipinski definition) is 3. The standard InChI is InChI=1S/C11H12ClF3O3/c1-18-9-3-2-6(11(13,14)15)4-7(9)10(17)8(16)5-12/h2-4,8,10,16-17H,5H2,1H3. The first kappa shape index (κ1) is 15.1. The molecule has 3 nitrogen and oxygen atoms in total. The van der Waals surface area contributed by atoms with E-state index < -0.39 is 23.9 Å². The van der Waals surface area contributed by atoms with E-state index >= 15 is 0 Å². The molecule has 0 spiro atoms. The van der Waals surface area contributed by atoms with Crippen LogP contribution in [0.5, 0.6) is 5.75 Å². The number of alkyl halides is 4. The van der Waals surface area contributed by atoms with Crippen molar-refractivity contribution in [2.45, 2.75) is 18.4 Å². The third-order valence-corrected chi connectivity index (χ3v) is 2.71. The van der Waals surface area contributed by atoms with Crippen molar-refractivity contribution in [1.82, 2.24) is 0 Å². The molecule has 18 heavy (non-hydrogen) atoms. The number of hydrogen-bond donors (Lipinski definition) is 2. The summed E-state index contributed by atoms with van der Waals surface area (Å²) in [7, 11) is 1.26. The lowest BCUT2D eigenvalue weighted by Gasteiger charge is -2.20. The van der Waals surface area contributed by atoms with Crippen LogP contribution in [-0.2, 0) is 6.18 Å². The fraction of sp³-hybridized carbons (Fsp3) is 0.455. The summed E-state index contributed by atoms with van der Waals surface area (Å²) >= 11 is 5.35. The van der Waals surface area contributed by atoms with Crippen LogP contribution in [-0.4, -0.2) is 29.3 Å². The van der Waals surface area contributed by atoms with Crippen LogP contribution < -0.4 is 4.74 Å². The molecule has 2 atom stereocenters. The van der Waals surface area contributed by atoms with Crippen LogP contribution in [0.4, 0.5) is 13.2 Å². The lowest BCUT2D eigenvalue weighted by Crippen LogP contribution is -2.21. The van der Waals surface area contributed by atoms with Gasteiger partial charge in [-0.25, -0.2) is 0 Å². The zero-order valence-corrected chi connectivity index (χ0v) is 10.2. The Morgan fingerprint density at radius 3 is 2.39 bits per heavy atom. The molecule has 0 saturated heterocycles. The number of aliphatic hydroxyl groups is 2. The predicted octanol–water partition coefficient (Wildman–Crippen LogP) is 2.35. The van der Waals surface area contributed by atoms with Crippen molar-refractivity contribution in [2.75, 3.05) is 13.0 Å². The van der Waals surface area contributed by atoms with Crippen LogP contribution in [0.25, 0.3) is 0 Å². The van der Waals surface area contributed by atoms with Gasteiger partial charge >= 0.3 is 6.18 Å². The quantitative estimate of drug-likeness (QED) is 0.835. The first-order valence-electron chi connectivity index (χ1n) is 4.98. The summed E-state index contributed by atoms with van der Waals surface area (Å²) in [6.45, 7) is 0. The highest BCUT2D eigenvalue weighted by molar-refractivity contribution is 6.18. The summed E-state index contributed by atoms with van der Waals surface area (Å²) < 4.78 is 42.5. The van der Waals surface area contributed by atoms with Crippen LogP contribution in [0.1, 0.15) is 17.2 Å². The van der Waals surface area contributed by atoms with Crippen molar-refractivity contribution >= 4 is 11.6 Å². The molecule has 0 amide bonds. The average molecular weight is 285 g/mol. The SMILES string of the molecule is COc1ccc(C(F)(F)F)cc1C(O)C(O)CCl. The van der Waals surface area contributed by atoms with E-state index in [-0.39, 0.29) is 17.2 Å². The van der Waals surface area contributed by atoms with Crippen molar-refractivity contribution in [1.29, 1.82) is 0 Å². The second-order valence-corrected chi connectivity index (χ2v) is 3.93. The second kappa shape index (κ2) is 5.77. The normalized spacial score (nSPS) is 15.3.